The van der Waals surface area contributed by atoms with Gasteiger partial charge in [0.2, 0.25) is 0 Å². The Balaban J connectivity index is 1.91. The lowest BCUT2D eigenvalue weighted by Crippen LogP contribution is -2.12. The van der Waals surface area contributed by atoms with Gasteiger partial charge in [0, 0.05) is 17.0 Å². The molecular weight excluding hydrogens is 384 g/mol. The Hall–Kier alpha value is -3.85. The highest BCUT2D eigenvalue weighted by Gasteiger charge is 2.24. The van der Waals surface area contributed by atoms with Gasteiger partial charge >= 0.3 is 0 Å². The molecule has 0 spiro atoms. The number of ether oxygens (including phenoxy) is 2. The van der Waals surface area contributed by atoms with Gasteiger partial charge < -0.3 is 9.47 Å². The van der Waals surface area contributed by atoms with Gasteiger partial charge in [-0.2, -0.15) is 0 Å². The number of hydrogen-bond acceptors (Lipinski definition) is 3. The minimum atomic E-state index is -0.110. The molecule has 1 atom stereocenters. The van der Waals surface area contributed by atoms with E-state index in [2.05, 4.69) is 24.3 Å². The van der Waals surface area contributed by atoms with Crippen molar-refractivity contribution in [2.24, 2.45) is 0 Å². The number of ketones is 1. The van der Waals surface area contributed by atoms with Crippen molar-refractivity contribution in [2.75, 3.05) is 14.2 Å². The third-order valence-corrected chi connectivity index (χ3v) is 5.43. The zero-order valence-corrected chi connectivity index (χ0v) is 17.6. The van der Waals surface area contributed by atoms with Crippen molar-refractivity contribution >= 4 is 5.78 Å². The second-order valence-corrected chi connectivity index (χ2v) is 7.27. The molecule has 0 aliphatic rings. The molecule has 0 amide bonds. The average Bonchev–Trinajstić information content (AvgIpc) is 2.85. The van der Waals surface area contributed by atoms with E-state index < -0.39 is 0 Å². The Bertz CT molecular complexity index is 1150. The Labute approximate surface area is 182 Å². The van der Waals surface area contributed by atoms with Crippen LogP contribution in [0.4, 0.5) is 0 Å². The first kappa shape index (κ1) is 20.4. The fourth-order valence-corrected chi connectivity index (χ4v) is 3.85. The molecular formula is C28H24O3. The van der Waals surface area contributed by atoms with E-state index in [-0.39, 0.29) is 11.7 Å². The van der Waals surface area contributed by atoms with Crippen molar-refractivity contribution in [3.63, 3.8) is 0 Å². The van der Waals surface area contributed by atoms with Crippen LogP contribution < -0.4 is 9.47 Å². The number of carbonyl (C=O) groups excluding carboxylic acids is 1. The lowest BCUT2D eigenvalue weighted by Gasteiger charge is -2.22. The predicted octanol–water partition coefficient (Wildman–Crippen LogP) is 6.12. The molecule has 4 rings (SSSR count). The van der Waals surface area contributed by atoms with E-state index in [4.69, 9.17) is 9.47 Å². The van der Waals surface area contributed by atoms with Gasteiger partial charge in [0.05, 0.1) is 14.2 Å². The smallest absolute Gasteiger partial charge is 0.193 e. The Morgan fingerprint density at radius 3 is 1.81 bits per heavy atom. The molecule has 0 bridgehead atoms. The van der Waals surface area contributed by atoms with E-state index in [1.165, 1.54) is 0 Å². The first-order valence-corrected chi connectivity index (χ1v) is 10.2. The van der Waals surface area contributed by atoms with Crippen molar-refractivity contribution < 1.29 is 14.3 Å². The summed E-state index contributed by atoms with van der Waals surface area (Å²) < 4.78 is 10.8. The molecule has 0 fully saturated rings. The molecule has 1 unspecified atom stereocenters. The Morgan fingerprint density at radius 1 is 0.645 bits per heavy atom. The number of benzene rings is 4. The molecule has 0 heterocycles. The molecule has 0 radical (unpaired) electrons. The fraction of sp³-hybridized carbons (Fsp3) is 0.107. The van der Waals surface area contributed by atoms with Crippen molar-refractivity contribution in [1.29, 1.82) is 0 Å². The summed E-state index contributed by atoms with van der Waals surface area (Å²) in [6, 6.07) is 33.3. The Kier molecular flexibility index (Phi) is 6.13. The fourth-order valence-electron chi connectivity index (χ4n) is 3.85. The van der Waals surface area contributed by atoms with Crippen molar-refractivity contribution in [3.8, 4) is 11.5 Å². The van der Waals surface area contributed by atoms with E-state index in [0.29, 0.717) is 16.9 Å². The highest BCUT2D eigenvalue weighted by molar-refractivity contribution is 6.10. The molecule has 0 saturated heterocycles. The van der Waals surface area contributed by atoms with Gasteiger partial charge in [-0.3, -0.25) is 4.79 Å². The van der Waals surface area contributed by atoms with Crippen LogP contribution in [0.1, 0.15) is 38.5 Å². The molecule has 3 nitrogen and oxygen atoms in total. The van der Waals surface area contributed by atoms with Crippen LogP contribution in [-0.4, -0.2) is 20.0 Å². The first-order chi connectivity index (χ1) is 15.2. The van der Waals surface area contributed by atoms with Crippen LogP contribution in [0.5, 0.6) is 11.5 Å². The van der Waals surface area contributed by atoms with Gasteiger partial charge in [-0.15, -0.1) is 0 Å². The third-order valence-electron chi connectivity index (χ3n) is 5.43. The number of rotatable bonds is 7. The summed E-state index contributed by atoms with van der Waals surface area (Å²) in [5.41, 5.74) is 4.42. The summed E-state index contributed by atoms with van der Waals surface area (Å²) in [6.07, 6.45) is 0. The lowest BCUT2D eigenvalue weighted by molar-refractivity contribution is 0.103. The lowest BCUT2D eigenvalue weighted by atomic mass is 9.81. The van der Waals surface area contributed by atoms with Gasteiger partial charge in [0.25, 0.3) is 0 Å². The second-order valence-electron chi connectivity index (χ2n) is 7.27. The van der Waals surface area contributed by atoms with Crippen molar-refractivity contribution in [2.45, 2.75) is 5.92 Å². The molecule has 0 aliphatic carbocycles. The largest absolute Gasteiger partial charge is 0.497 e. The standard InChI is InChI=1S/C28H24O3/c1-30-23-15-13-21(14-16-23)27(20-9-5-3-6-10-20)25-18-17-24(31-2)19-26(25)28(29)22-11-7-4-8-12-22/h3-19,27H,1-2H3. The molecule has 0 aromatic heterocycles. The molecule has 3 heteroatoms. The zero-order chi connectivity index (χ0) is 21.6. The maximum absolute atomic E-state index is 13.5. The molecule has 0 N–H and O–H groups in total. The summed E-state index contributed by atoms with van der Waals surface area (Å²) in [5.74, 6) is 1.32. The summed E-state index contributed by atoms with van der Waals surface area (Å²) >= 11 is 0. The molecule has 0 aliphatic heterocycles. The minimum Gasteiger partial charge on any atom is -0.497 e. The molecule has 4 aromatic carbocycles. The van der Waals surface area contributed by atoms with Crippen LogP contribution in [0.15, 0.2) is 103 Å². The van der Waals surface area contributed by atoms with Crippen LogP contribution in [0.2, 0.25) is 0 Å². The monoisotopic (exact) mass is 408 g/mol. The van der Waals surface area contributed by atoms with Crippen LogP contribution in [0, 0.1) is 0 Å². The van der Waals surface area contributed by atoms with Gasteiger partial charge in [-0.05, 0) is 41.0 Å². The van der Waals surface area contributed by atoms with Crippen LogP contribution in [-0.2, 0) is 0 Å². The maximum atomic E-state index is 13.5. The quantitative estimate of drug-likeness (QED) is 0.273. The van der Waals surface area contributed by atoms with E-state index in [9.17, 15) is 4.79 Å². The number of methoxy groups -OCH3 is 2. The number of hydrogen-bond donors (Lipinski definition) is 0. The van der Waals surface area contributed by atoms with Gasteiger partial charge in [0.1, 0.15) is 11.5 Å². The first-order valence-electron chi connectivity index (χ1n) is 10.2. The normalized spacial score (nSPS) is 11.5. The highest BCUT2D eigenvalue weighted by atomic mass is 16.5. The summed E-state index contributed by atoms with van der Waals surface area (Å²) in [6.45, 7) is 0. The summed E-state index contributed by atoms with van der Waals surface area (Å²) in [7, 11) is 3.27. The topological polar surface area (TPSA) is 35.5 Å². The average molecular weight is 408 g/mol. The molecule has 31 heavy (non-hydrogen) atoms. The van der Waals surface area contributed by atoms with Crippen molar-refractivity contribution in [3.05, 3.63) is 131 Å². The van der Waals surface area contributed by atoms with Crippen LogP contribution in [0.3, 0.4) is 0 Å². The molecule has 0 saturated carbocycles. The SMILES string of the molecule is COc1ccc(C(c2ccccc2)c2ccc(OC)cc2C(=O)c2ccccc2)cc1. The van der Waals surface area contributed by atoms with Crippen LogP contribution in [0.25, 0.3) is 0 Å². The van der Waals surface area contributed by atoms with Gasteiger partial charge in [0.15, 0.2) is 5.78 Å². The highest BCUT2D eigenvalue weighted by Crippen LogP contribution is 2.36. The van der Waals surface area contributed by atoms with Gasteiger partial charge in [-0.25, -0.2) is 0 Å². The maximum Gasteiger partial charge on any atom is 0.193 e. The van der Waals surface area contributed by atoms with E-state index >= 15 is 0 Å². The van der Waals surface area contributed by atoms with Gasteiger partial charge in [-0.1, -0.05) is 78.9 Å². The predicted molar refractivity (Wildman–Crippen MR) is 123 cm³/mol. The van der Waals surface area contributed by atoms with E-state index in [1.54, 1.807) is 14.2 Å². The van der Waals surface area contributed by atoms with Crippen LogP contribution >= 0.6 is 0 Å². The third kappa shape index (κ3) is 4.36. The summed E-state index contributed by atoms with van der Waals surface area (Å²) in [4.78, 5) is 13.5. The van der Waals surface area contributed by atoms with E-state index in [1.807, 2.05) is 78.9 Å². The Morgan fingerprint density at radius 2 is 1.19 bits per heavy atom. The molecule has 4 aromatic rings. The zero-order valence-electron chi connectivity index (χ0n) is 17.6. The molecule has 154 valence electrons. The van der Waals surface area contributed by atoms with E-state index in [0.717, 1.165) is 22.4 Å². The number of carbonyl (C=O) groups is 1. The minimum absolute atomic E-state index is 0.0241. The van der Waals surface area contributed by atoms with Crippen molar-refractivity contribution in [1.82, 2.24) is 0 Å². The summed E-state index contributed by atoms with van der Waals surface area (Å²) in [5, 5.41) is 0. The second kappa shape index (κ2) is 9.31.